The first-order valence-corrected chi connectivity index (χ1v) is 4.43. The maximum atomic E-state index is 5.74. The molecular formula is C9H11BrN2. The lowest BCUT2D eigenvalue weighted by Crippen LogP contribution is -2.01. The van der Waals surface area contributed by atoms with Crippen LogP contribution in [0.4, 0.5) is 11.4 Å². The number of nitrogens with two attached hydrogens (primary N) is 1. The highest BCUT2D eigenvalue weighted by Gasteiger charge is 1.96. The van der Waals surface area contributed by atoms with Gasteiger partial charge >= 0.3 is 0 Å². The molecule has 0 aromatic heterocycles. The Labute approximate surface area is 80.6 Å². The lowest BCUT2D eigenvalue weighted by atomic mass is 10.3. The van der Waals surface area contributed by atoms with Crippen LogP contribution >= 0.6 is 15.9 Å². The highest BCUT2D eigenvalue weighted by atomic mass is 79.9. The van der Waals surface area contributed by atoms with Crippen LogP contribution < -0.4 is 11.1 Å². The van der Waals surface area contributed by atoms with E-state index < -0.39 is 0 Å². The van der Waals surface area contributed by atoms with Gasteiger partial charge in [0, 0.05) is 11.0 Å². The summed E-state index contributed by atoms with van der Waals surface area (Å²) in [5.74, 6) is 0. The predicted molar refractivity (Wildman–Crippen MR) is 57.2 cm³/mol. The first-order valence-electron chi connectivity index (χ1n) is 3.64. The molecule has 0 saturated carbocycles. The van der Waals surface area contributed by atoms with Crippen molar-refractivity contribution in [1.82, 2.24) is 0 Å². The summed E-state index contributed by atoms with van der Waals surface area (Å²) in [5.41, 5.74) is 7.42. The Morgan fingerprint density at radius 1 is 1.58 bits per heavy atom. The van der Waals surface area contributed by atoms with E-state index in [-0.39, 0.29) is 0 Å². The van der Waals surface area contributed by atoms with Gasteiger partial charge in [0.25, 0.3) is 0 Å². The highest BCUT2D eigenvalue weighted by molar-refractivity contribution is 9.10. The van der Waals surface area contributed by atoms with Crippen LogP contribution in [0, 0.1) is 0 Å². The van der Waals surface area contributed by atoms with Crippen LogP contribution in [-0.4, -0.2) is 6.54 Å². The Bertz CT molecular complexity index is 284. The van der Waals surface area contributed by atoms with Crippen molar-refractivity contribution < 1.29 is 0 Å². The Morgan fingerprint density at radius 3 is 2.92 bits per heavy atom. The van der Waals surface area contributed by atoms with Crippen molar-refractivity contribution in [3.05, 3.63) is 35.3 Å². The summed E-state index contributed by atoms with van der Waals surface area (Å²) in [6.07, 6.45) is 1.79. The molecule has 0 heterocycles. The SMILES string of the molecule is C=CCNc1ccc(Br)cc1N. The van der Waals surface area contributed by atoms with E-state index in [0.29, 0.717) is 0 Å². The predicted octanol–water partition coefficient (Wildman–Crippen LogP) is 2.63. The van der Waals surface area contributed by atoms with Gasteiger partial charge in [0.2, 0.25) is 0 Å². The smallest absolute Gasteiger partial charge is 0.0577 e. The fourth-order valence-electron chi connectivity index (χ4n) is 0.877. The van der Waals surface area contributed by atoms with Gasteiger partial charge in [-0.05, 0) is 18.2 Å². The molecule has 0 atom stereocenters. The van der Waals surface area contributed by atoms with Gasteiger partial charge in [-0.1, -0.05) is 22.0 Å². The van der Waals surface area contributed by atoms with E-state index in [1.165, 1.54) is 0 Å². The van der Waals surface area contributed by atoms with Crippen molar-refractivity contribution in [3.8, 4) is 0 Å². The van der Waals surface area contributed by atoms with Crippen LogP contribution in [0.5, 0.6) is 0 Å². The van der Waals surface area contributed by atoms with Crippen LogP contribution in [0.25, 0.3) is 0 Å². The van der Waals surface area contributed by atoms with Gasteiger partial charge in [0.1, 0.15) is 0 Å². The molecule has 3 N–H and O–H groups in total. The zero-order chi connectivity index (χ0) is 8.97. The molecule has 0 bridgehead atoms. The van der Waals surface area contributed by atoms with Gasteiger partial charge in [0.05, 0.1) is 11.4 Å². The number of nitrogens with one attached hydrogen (secondary N) is 1. The second kappa shape index (κ2) is 4.16. The zero-order valence-corrected chi connectivity index (χ0v) is 8.26. The average molecular weight is 227 g/mol. The molecule has 1 aromatic carbocycles. The van der Waals surface area contributed by atoms with E-state index in [2.05, 4.69) is 27.8 Å². The summed E-state index contributed by atoms with van der Waals surface area (Å²) in [7, 11) is 0. The van der Waals surface area contributed by atoms with E-state index in [4.69, 9.17) is 5.73 Å². The number of hydrogen-bond donors (Lipinski definition) is 2. The lowest BCUT2D eigenvalue weighted by molar-refractivity contribution is 1.34. The molecule has 0 spiro atoms. The van der Waals surface area contributed by atoms with Crippen LogP contribution in [0.1, 0.15) is 0 Å². The molecule has 12 heavy (non-hydrogen) atoms. The molecule has 3 heteroatoms. The minimum atomic E-state index is 0.728. The Balaban J connectivity index is 2.78. The minimum absolute atomic E-state index is 0.728. The number of anilines is 2. The van der Waals surface area contributed by atoms with E-state index in [0.717, 1.165) is 22.4 Å². The van der Waals surface area contributed by atoms with Crippen LogP contribution in [0.15, 0.2) is 35.3 Å². The fourth-order valence-corrected chi connectivity index (χ4v) is 1.26. The summed E-state index contributed by atoms with van der Waals surface area (Å²) < 4.78 is 0.990. The third-order valence-electron chi connectivity index (χ3n) is 1.45. The van der Waals surface area contributed by atoms with E-state index in [9.17, 15) is 0 Å². The lowest BCUT2D eigenvalue weighted by Gasteiger charge is -2.06. The van der Waals surface area contributed by atoms with Crippen molar-refractivity contribution in [2.24, 2.45) is 0 Å². The molecule has 0 fully saturated rings. The second-order valence-corrected chi connectivity index (χ2v) is 3.32. The van der Waals surface area contributed by atoms with Gasteiger partial charge in [-0.2, -0.15) is 0 Å². The van der Waals surface area contributed by atoms with Crippen LogP contribution in [0.2, 0.25) is 0 Å². The molecule has 1 aromatic rings. The quantitative estimate of drug-likeness (QED) is 0.615. The van der Waals surface area contributed by atoms with Gasteiger partial charge in [-0.15, -0.1) is 6.58 Å². The molecule has 0 radical (unpaired) electrons. The summed E-state index contributed by atoms with van der Waals surface area (Å²) in [6, 6.07) is 5.75. The van der Waals surface area contributed by atoms with Crippen molar-refractivity contribution in [2.75, 3.05) is 17.6 Å². The van der Waals surface area contributed by atoms with Gasteiger partial charge in [-0.25, -0.2) is 0 Å². The minimum Gasteiger partial charge on any atom is -0.397 e. The third kappa shape index (κ3) is 2.27. The van der Waals surface area contributed by atoms with Gasteiger partial charge < -0.3 is 11.1 Å². The molecule has 0 aliphatic rings. The largest absolute Gasteiger partial charge is 0.397 e. The van der Waals surface area contributed by atoms with Crippen molar-refractivity contribution in [3.63, 3.8) is 0 Å². The first kappa shape index (κ1) is 9.13. The molecule has 1 rings (SSSR count). The summed E-state index contributed by atoms with van der Waals surface area (Å²) >= 11 is 3.34. The zero-order valence-electron chi connectivity index (χ0n) is 6.68. The third-order valence-corrected chi connectivity index (χ3v) is 1.94. The Kier molecular flexibility index (Phi) is 3.17. The van der Waals surface area contributed by atoms with Crippen LogP contribution in [-0.2, 0) is 0 Å². The maximum Gasteiger partial charge on any atom is 0.0577 e. The van der Waals surface area contributed by atoms with Crippen LogP contribution in [0.3, 0.4) is 0 Å². The molecule has 64 valence electrons. The standard InChI is InChI=1S/C9H11BrN2/c1-2-5-12-9-4-3-7(10)6-8(9)11/h2-4,6,12H,1,5,11H2. The van der Waals surface area contributed by atoms with Crippen molar-refractivity contribution in [2.45, 2.75) is 0 Å². The van der Waals surface area contributed by atoms with E-state index in [1.54, 1.807) is 6.08 Å². The first-order chi connectivity index (χ1) is 5.74. The summed E-state index contributed by atoms with van der Waals surface area (Å²) in [6.45, 7) is 4.34. The highest BCUT2D eigenvalue weighted by Crippen LogP contribution is 2.22. The molecule has 0 unspecified atom stereocenters. The molecule has 0 saturated heterocycles. The number of hydrogen-bond acceptors (Lipinski definition) is 2. The van der Waals surface area contributed by atoms with Crippen molar-refractivity contribution in [1.29, 1.82) is 0 Å². The Morgan fingerprint density at radius 2 is 2.33 bits per heavy atom. The van der Waals surface area contributed by atoms with E-state index in [1.807, 2.05) is 18.2 Å². The van der Waals surface area contributed by atoms with E-state index >= 15 is 0 Å². The average Bonchev–Trinajstić information content (AvgIpc) is 2.03. The second-order valence-electron chi connectivity index (χ2n) is 2.40. The van der Waals surface area contributed by atoms with Gasteiger partial charge in [-0.3, -0.25) is 0 Å². The molecule has 0 aliphatic carbocycles. The van der Waals surface area contributed by atoms with Gasteiger partial charge in [0.15, 0.2) is 0 Å². The number of rotatable bonds is 3. The molecule has 0 amide bonds. The molecule has 2 nitrogen and oxygen atoms in total. The maximum absolute atomic E-state index is 5.74. The monoisotopic (exact) mass is 226 g/mol. The summed E-state index contributed by atoms with van der Waals surface area (Å²) in [5, 5.41) is 3.13. The normalized spacial score (nSPS) is 9.42. The Hall–Kier alpha value is -0.960. The number of benzene rings is 1. The topological polar surface area (TPSA) is 38.0 Å². The number of nitrogen functional groups attached to an aromatic ring is 1. The fraction of sp³-hybridized carbons (Fsp3) is 0.111. The molecule has 0 aliphatic heterocycles. The van der Waals surface area contributed by atoms with Crippen molar-refractivity contribution >= 4 is 27.3 Å². The summed E-state index contributed by atoms with van der Waals surface area (Å²) in [4.78, 5) is 0. The number of halogens is 1. The molecular weight excluding hydrogens is 216 g/mol.